The van der Waals surface area contributed by atoms with Crippen molar-refractivity contribution in [2.45, 2.75) is 56.3 Å². The minimum absolute atomic E-state index is 0.0835. The van der Waals surface area contributed by atoms with Gasteiger partial charge >= 0.3 is 6.18 Å². The first-order chi connectivity index (χ1) is 19.8. The lowest BCUT2D eigenvalue weighted by Crippen LogP contribution is -2.55. The van der Waals surface area contributed by atoms with Gasteiger partial charge in [0.25, 0.3) is 17.4 Å². The van der Waals surface area contributed by atoms with Crippen molar-refractivity contribution in [1.82, 2.24) is 14.8 Å². The third-order valence-corrected chi connectivity index (χ3v) is 9.58. The van der Waals surface area contributed by atoms with Gasteiger partial charge in [-0.25, -0.2) is 4.98 Å². The molecule has 5 rings (SSSR count). The van der Waals surface area contributed by atoms with Crippen molar-refractivity contribution >= 4 is 29.2 Å². The molecule has 2 saturated carbocycles. The lowest BCUT2D eigenvalue weighted by Gasteiger charge is -2.35. The Bertz CT molecular complexity index is 1350. The van der Waals surface area contributed by atoms with E-state index in [0.717, 1.165) is 62.2 Å². The van der Waals surface area contributed by atoms with E-state index in [-0.39, 0.29) is 40.7 Å². The number of likely N-dealkylation sites (N-methyl/N-ethyl adjacent to an activating group) is 1. The standard InChI is InChI=1S/C30H36ClF3N4O4/c1-36(27(40)29(41,30(32,33)34)19-5-4-6-22(17-19)42-3)14-11-20-18-28(20)12-15-38(16-13-28)24-10-9-23(25(31)35-24)26(39)37(2)21-7-8-21/h4-6,9-10,17,20-21,41H,7-8,11-16,18H2,1-3H3/t20?,29-/m1/s1. The number of halogens is 4. The number of ether oxygens (including phenoxy) is 1. The topological polar surface area (TPSA) is 86.2 Å². The predicted molar refractivity (Wildman–Crippen MR) is 152 cm³/mol. The number of hydrogen-bond acceptors (Lipinski definition) is 6. The fourth-order valence-corrected chi connectivity index (χ4v) is 6.43. The number of hydrogen-bond donors (Lipinski definition) is 1. The number of piperidine rings is 1. The van der Waals surface area contributed by atoms with E-state index >= 15 is 0 Å². The molecule has 8 nitrogen and oxygen atoms in total. The molecular weight excluding hydrogens is 573 g/mol. The molecule has 1 saturated heterocycles. The normalized spacial score (nSPS) is 21.0. The molecule has 1 aliphatic heterocycles. The SMILES string of the molecule is COc1cccc([C@@](O)(C(=O)N(C)CCC2CC23CCN(c2ccc(C(=O)N(C)C4CC4)c(Cl)n2)CC3)C(F)(F)F)c1. The van der Waals surface area contributed by atoms with Crippen LogP contribution >= 0.6 is 11.6 Å². The number of alkyl halides is 3. The van der Waals surface area contributed by atoms with Crippen LogP contribution in [-0.2, 0) is 10.4 Å². The van der Waals surface area contributed by atoms with E-state index in [0.29, 0.717) is 17.8 Å². The predicted octanol–water partition coefficient (Wildman–Crippen LogP) is 4.88. The summed E-state index contributed by atoms with van der Waals surface area (Å²) in [4.78, 5) is 35.1. The molecule has 228 valence electrons. The van der Waals surface area contributed by atoms with E-state index in [4.69, 9.17) is 16.3 Å². The highest BCUT2D eigenvalue weighted by molar-refractivity contribution is 6.32. The molecule has 3 fully saturated rings. The Morgan fingerprint density at radius 1 is 1.17 bits per heavy atom. The van der Waals surface area contributed by atoms with Gasteiger partial charge in [0.15, 0.2) is 0 Å². The Labute approximate surface area is 248 Å². The van der Waals surface area contributed by atoms with Crippen molar-refractivity contribution in [3.05, 3.63) is 52.7 Å². The van der Waals surface area contributed by atoms with E-state index in [1.54, 1.807) is 18.0 Å². The van der Waals surface area contributed by atoms with Crippen LogP contribution < -0.4 is 9.64 Å². The van der Waals surface area contributed by atoms with E-state index in [9.17, 15) is 27.9 Å². The number of pyridine rings is 1. The molecule has 1 spiro atoms. The molecule has 1 unspecified atom stereocenters. The number of methoxy groups -OCH3 is 1. The maximum atomic E-state index is 14.1. The highest BCUT2D eigenvalue weighted by atomic mass is 35.5. The number of rotatable bonds is 9. The number of benzene rings is 1. The molecule has 2 atom stereocenters. The smallest absolute Gasteiger partial charge is 0.430 e. The van der Waals surface area contributed by atoms with E-state index in [2.05, 4.69) is 9.88 Å². The molecule has 2 aliphatic carbocycles. The van der Waals surface area contributed by atoms with Gasteiger partial charge in [0.05, 0.1) is 12.7 Å². The largest absolute Gasteiger partial charge is 0.497 e. The van der Waals surface area contributed by atoms with Gasteiger partial charge in [0, 0.05) is 45.3 Å². The van der Waals surface area contributed by atoms with Crippen LogP contribution in [-0.4, -0.2) is 84.8 Å². The third kappa shape index (κ3) is 5.65. The number of carbonyl (C=O) groups excluding carboxylic acids is 2. The summed E-state index contributed by atoms with van der Waals surface area (Å²) >= 11 is 6.40. The molecular formula is C30H36ClF3N4O4. The summed E-state index contributed by atoms with van der Waals surface area (Å²) in [6, 6.07) is 8.70. The fourth-order valence-electron chi connectivity index (χ4n) is 6.20. The average Bonchev–Trinajstić information content (AvgIpc) is 3.91. The van der Waals surface area contributed by atoms with E-state index in [1.165, 1.54) is 26.3 Å². The third-order valence-electron chi connectivity index (χ3n) is 9.29. The summed E-state index contributed by atoms with van der Waals surface area (Å²) < 4.78 is 47.3. The first-order valence-corrected chi connectivity index (χ1v) is 14.6. The van der Waals surface area contributed by atoms with Gasteiger partial charge in [-0.15, -0.1) is 0 Å². The number of aliphatic hydroxyl groups is 1. The molecule has 0 radical (unpaired) electrons. The number of nitrogens with zero attached hydrogens (tertiary/aromatic N) is 4. The zero-order valence-electron chi connectivity index (χ0n) is 24.0. The first kappa shape index (κ1) is 30.4. The van der Waals surface area contributed by atoms with Crippen LogP contribution in [0.1, 0.15) is 54.4 Å². The summed E-state index contributed by atoms with van der Waals surface area (Å²) in [6.07, 6.45) is 0.0578. The molecule has 2 amide bonds. The first-order valence-electron chi connectivity index (χ1n) is 14.2. The van der Waals surface area contributed by atoms with Crippen molar-refractivity contribution in [3.8, 4) is 5.75 Å². The second-order valence-electron chi connectivity index (χ2n) is 11.9. The molecule has 1 aromatic heterocycles. The number of amides is 2. The highest BCUT2D eigenvalue weighted by Gasteiger charge is 2.62. The quantitative estimate of drug-likeness (QED) is 0.409. The van der Waals surface area contributed by atoms with Crippen LogP contribution in [0.15, 0.2) is 36.4 Å². The van der Waals surface area contributed by atoms with Gasteiger partial charge in [-0.2, -0.15) is 13.2 Å². The highest BCUT2D eigenvalue weighted by Crippen LogP contribution is 2.61. The second kappa shape index (κ2) is 11.2. The van der Waals surface area contributed by atoms with Gasteiger partial charge < -0.3 is 24.5 Å². The Kier molecular flexibility index (Phi) is 8.12. The second-order valence-corrected chi connectivity index (χ2v) is 12.2. The summed E-state index contributed by atoms with van der Waals surface area (Å²) in [5, 5.41) is 10.9. The fraction of sp³-hybridized carbons (Fsp3) is 0.567. The molecule has 3 aliphatic rings. The van der Waals surface area contributed by atoms with E-state index in [1.807, 2.05) is 6.07 Å². The maximum absolute atomic E-state index is 14.1. The monoisotopic (exact) mass is 608 g/mol. The number of carbonyl (C=O) groups is 2. The lowest BCUT2D eigenvalue weighted by molar-refractivity contribution is -0.261. The van der Waals surface area contributed by atoms with Crippen molar-refractivity contribution in [2.24, 2.45) is 11.3 Å². The van der Waals surface area contributed by atoms with Gasteiger partial charge in [-0.05, 0) is 74.1 Å². The Morgan fingerprint density at radius 3 is 2.45 bits per heavy atom. The summed E-state index contributed by atoms with van der Waals surface area (Å²) in [6.45, 7) is 1.58. The minimum Gasteiger partial charge on any atom is -0.497 e. The Hall–Kier alpha value is -3.05. The number of aromatic nitrogens is 1. The molecule has 2 heterocycles. The van der Waals surface area contributed by atoms with Gasteiger partial charge in [-0.3, -0.25) is 9.59 Å². The van der Waals surface area contributed by atoms with Crippen LogP contribution in [0.3, 0.4) is 0 Å². The summed E-state index contributed by atoms with van der Waals surface area (Å²) in [5.74, 6) is -0.436. The molecule has 2 aromatic rings. The van der Waals surface area contributed by atoms with Crippen LogP contribution in [0.25, 0.3) is 0 Å². The Morgan fingerprint density at radius 2 is 1.86 bits per heavy atom. The van der Waals surface area contributed by atoms with Gasteiger partial charge in [-0.1, -0.05) is 23.7 Å². The summed E-state index contributed by atoms with van der Waals surface area (Å²) in [7, 11) is 4.38. The van der Waals surface area contributed by atoms with Crippen molar-refractivity contribution < 1.29 is 32.6 Å². The van der Waals surface area contributed by atoms with Gasteiger partial charge in [0.1, 0.15) is 16.7 Å². The molecule has 12 heteroatoms. The van der Waals surface area contributed by atoms with Gasteiger partial charge in [0.2, 0.25) is 0 Å². The average molecular weight is 609 g/mol. The summed E-state index contributed by atoms with van der Waals surface area (Å²) in [5.41, 5.74) is -3.78. The van der Waals surface area contributed by atoms with Crippen LogP contribution in [0.5, 0.6) is 5.75 Å². The maximum Gasteiger partial charge on any atom is 0.430 e. The minimum atomic E-state index is -5.21. The number of anilines is 1. The molecule has 0 bridgehead atoms. The van der Waals surface area contributed by atoms with Crippen LogP contribution in [0, 0.1) is 11.3 Å². The zero-order valence-corrected chi connectivity index (χ0v) is 24.7. The molecule has 1 aromatic carbocycles. The van der Waals surface area contributed by atoms with Crippen LogP contribution in [0.4, 0.5) is 19.0 Å². The van der Waals surface area contributed by atoms with E-state index < -0.39 is 23.2 Å². The zero-order chi connectivity index (χ0) is 30.4. The van der Waals surface area contributed by atoms with Crippen molar-refractivity contribution in [3.63, 3.8) is 0 Å². The molecule has 42 heavy (non-hydrogen) atoms. The lowest BCUT2D eigenvalue weighted by atomic mass is 9.89. The van der Waals surface area contributed by atoms with Crippen molar-refractivity contribution in [2.75, 3.05) is 45.7 Å². The molecule has 1 N–H and O–H groups in total. The Balaban J connectivity index is 1.16. The van der Waals surface area contributed by atoms with Crippen LogP contribution in [0.2, 0.25) is 5.15 Å². The van der Waals surface area contributed by atoms with Crippen molar-refractivity contribution in [1.29, 1.82) is 0 Å².